The highest BCUT2D eigenvalue weighted by Crippen LogP contribution is 2.27. The Morgan fingerprint density at radius 3 is 3.00 bits per heavy atom. The molecule has 0 aromatic carbocycles. The Hall–Kier alpha value is -0.910. The van der Waals surface area contributed by atoms with E-state index in [4.69, 9.17) is 16.0 Å². The van der Waals surface area contributed by atoms with Gasteiger partial charge in [0.15, 0.2) is 16.0 Å². The second kappa shape index (κ2) is 6.14. The van der Waals surface area contributed by atoms with E-state index in [1.165, 1.54) is 0 Å². The van der Waals surface area contributed by atoms with Gasteiger partial charge in [0.05, 0.1) is 0 Å². The molecule has 2 heterocycles. The fourth-order valence-corrected chi connectivity index (χ4v) is 2.41. The predicted octanol–water partition coefficient (Wildman–Crippen LogP) is 2.99. The van der Waals surface area contributed by atoms with Crippen molar-refractivity contribution in [2.24, 2.45) is 0 Å². The first-order chi connectivity index (χ1) is 8.29. The summed E-state index contributed by atoms with van der Waals surface area (Å²) in [5.74, 6) is 0.686. The lowest BCUT2D eigenvalue weighted by Crippen LogP contribution is -2.14. The summed E-state index contributed by atoms with van der Waals surface area (Å²) in [5.41, 5.74) is 0. The molecule has 4 nitrogen and oxygen atoms in total. The van der Waals surface area contributed by atoms with Gasteiger partial charge in [-0.1, -0.05) is 18.3 Å². The summed E-state index contributed by atoms with van der Waals surface area (Å²) in [6.45, 7) is 4.12. The van der Waals surface area contributed by atoms with Crippen molar-refractivity contribution in [1.82, 2.24) is 15.5 Å². The van der Waals surface area contributed by atoms with Crippen molar-refractivity contribution in [1.29, 1.82) is 0 Å². The van der Waals surface area contributed by atoms with Crippen LogP contribution in [0.3, 0.4) is 0 Å². The molecule has 2 aromatic heterocycles. The fraction of sp³-hybridized carbons (Fsp3) is 0.455. The van der Waals surface area contributed by atoms with Crippen LogP contribution < -0.4 is 5.32 Å². The Morgan fingerprint density at radius 2 is 2.29 bits per heavy atom. The number of rotatable bonds is 6. The lowest BCUT2D eigenvalue weighted by atomic mass is 10.3. The quantitative estimate of drug-likeness (QED) is 0.821. The molecule has 0 fully saturated rings. The average Bonchev–Trinajstić information content (AvgIpc) is 2.93. The second-order valence-corrected chi connectivity index (χ2v) is 5.00. The third-order valence-electron chi connectivity index (χ3n) is 2.25. The lowest BCUT2D eigenvalue weighted by Gasteiger charge is -1.97. The summed E-state index contributed by atoms with van der Waals surface area (Å²) < 4.78 is 5.29. The summed E-state index contributed by atoms with van der Waals surface area (Å²) in [7, 11) is 0. The summed E-state index contributed by atoms with van der Waals surface area (Å²) >= 11 is 7.27. The van der Waals surface area contributed by atoms with Crippen molar-refractivity contribution in [2.75, 3.05) is 13.1 Å². The molecule has 0 spiro atoms. The summed E-state index contributed by atoms with van der Waals surface area (Å²) in [6, 6.07) is 3.52. The van der Waals surface area contributed by atoms with Gasteiger partial charge in [0.1, 0.15) is 5.01 Å². The number of hydrogen-bond donors (Lipinski definition) is 1. The van der Waals surface area contributed by atoms with Crippen molar-refractivity contribution in [3.63, 3.8) is 0 Å². The average molecular weight is 272 g/mol. The molecule has 0 saturated carbocycles. The summed E-state index contributed by atoms with van der Waals surface area (Å²) in [5, 5.41) is 13.7. The Morgan fingerprint density at radius 1 is 1.41 bits per heavy atom. The zero-order valence-corrected chi connectivity index (χ0v) is 11.1. The molecular formula is C11H14ClN3OS. The normalized spacial score (nSPS) is 10.9. The lowest BCUT2D eigenvalue weighted by molar-refractivity contribution is 0.583. The van der Waals surface area contributed by atoms with E-state index in [0.717, 1.165) is 35.9 Å². The molecule has 0 aliphatic heterocycles. The number of aromatic nitrogens is 2. The van der Waals surface area contributed by atoms with Crippen molar-refractivity contribution >= 4 is 22.9 Å². The molecule has 2 rings (SSSR count). The van der Waals surface area contributed by atoms with Gasteiger partial charge in [-0.25, -0.2) is 0 Å². The Labute approximate surface area is 109 Å². The van der Waals surface area contributed by atoms with E-state index in [-0.39, 0.29) is 0 Å². The molecule has 1 N–H and O–H groups in total. The first kappa shape index (κ1) is 12.5. The first-order valence-corrected chi connectivity index (χ1v) is 6.78. The molecule has 0 aliphatic carbocycles. The smallest absolute Gasteiger partial charge is 0.194 e. The minimum Gasteiger partial charge on any atom is -0.442 e. The van der Waals surface area contributed by atoms with Gasteiger partial charge in [0.2, 0.25) is 0 Å². The van der Waals surface area contributed by atoms with Crippen LogP contribution in [0.2, 0.25) is 5.22 Å². The van der Waals surface area contributed by atoms with Crippen LogP contribution in [0.25, 0.3) is 10.8 Å². The number of nitrogens with zero attached hydrogens (tertiary/aromatic N) is 2. The largest absolute Gasteiger partial charge is 0.442 e. The van der Waals surface area contributed by atoms with Gasteiger partial charge >= 0.3 is 0 Å². The molecule has 2 aromatic rings. The van der Waals surface area contributed by atoms with Gasteiger partial charge < -0.3 is 9.73 Å². The van der Waals surface area contributed by atoms with E-state index in [0.29, 0.717) is 11.0 Å². The summed E-state index contributed by atoms with van der Waals surface area (Å²) in [6.07, 6.45) is 2.01. The standard InChI is InChI=1S/C11H14ClN3OS/c1-2-13-7-3-4-10-14-15-11(17-10)8-5-6-9(12)16-8/h5-6,13H,2-4,7H2,1H3. The first-order valence-electron chi connectivity index (χ1n) is 5.58. The van der Waals surface area contributed by atoms with Gasteiger partial charge in [0.25, 0.3) is 0 Å². The molecule has 17 heavy (non-hydrogen) atoms. The van der Waals surface area contributed by atoms with Crippen molar-refractivity contribution in [3.8, 4) is 10.8 Å². The van der Waals surface area contributed by atoms with Crippen LogP contribution in [0.4, 0.5) is 0 Å². The number of aryl methyl sites for hydroxylation is 1. The van der Waals surface area contributed by atoms with Crippen LogP contribution in [0.5, 0.6) is 0 Å². The number of furan rings is 1. The minimum atomic E-state index is 0.379. The van der Waals surface area contributed by atoms with E-state index in [1.54, 1.807) is 17.4 Å². The topological polar surface area (TPSA) is 51.0 Å². The number of halogens is 1. The van der Waals surface area contributed by atoms with Crippen molar-refractivity contribution in [2.45, 2.75) is 19.8 Å². The van der Waals surface area contributed by atoms with Crippen molar-refractivity contribution in [3.05, 3.63) is 22.4 Å². The fourth-order valence-electron chi connectivity index (χ4n) is 1.42. The summed E-state index contributed by atoms with van der Waals surface area (Å²) in [4.78, 5) is 0. The highest BCUT2D eigenvalue weighted by molar-refractivity contribution is 7.14. The van der Waals surface area contributed by atoms with E-state index >= 15 is 0 Å². The van der Waals surface area contributed by atoms with Gasteiger partial charge in [-0.05, 0) is 43.2 Å². The Bertz CT molecular complexity index is 469. The van der Waals surface area contributed by atoms with Gasteiger partial charge in [0, 0.05) is 6.42 Å². The molecule has 0 bridgehead atoms. The molecular weight excluding hydrogens is 258 g/mol. The zero-order chi connectivity index (χ0) is 12.1. The van der Waals surface area contributed by atoms with Gasteiger partial charge in [-0.15, -0.1) is 10.2 Å². The van der Waals surface area contributed by atoms with E-state index in [9.17, 15) is 0 Å². The number of nitrogens with one attached hydrogen (secondary N) is 1. The minimum absolute atomic E-state index is 0.379. The maximum Gasteiger partial charge on any atom is 0.194 e. The van der Waals surface area contributed by atoms with Crippen LogP contribution in [-0.4, -0.2) is 23.3 Å². The monoisotopic (exact) mass is 271 g/mol. The molecule has 92 valence electrons. The highest BCUT2D eigenvalue weighted by atomic mass is 35.5. The van der Waals surface area contributed by atoms with Crippen LogP contribution in [-0.2, 0) is 6.42 Å². The molecule has 0 radical (unpaired) electrons. The number of hydrogen-bond acceptors (Lipinski definition) is 5. The maximum absolute atomic E-state index is 5.72. The molecule has 0 unspecified atom stereocenters. The zero-order valence-electron chi connectivity index (χ0n) is 9.57. The van der Waals surface area contributed by atoms with Gasteiger partial charge in [-0.3, -0.25) is 0 Å². The van der Waals surface area contributed by atoms with Gasteiger partial charge in [-0.2, -0.15) is 0 Å². The third-order valence-corrected chi connectivity index (χ3v) is 3.45. The molecule has 0 atom stereocenters. The third kappa shape index (κ3) is 3.52. The highest BCUT2D eigenvalue weighted by Gasteiger charge is 2.10. The molecule has 0 saturated heterocycles. The maximum atomic E-state index is 5.72. The van der Waals surface area contributed by atoms with E-state index in [2.05, 4.69) is 22.4 Å². The second-order valence-electron chi connectivity index (χ2n) is 3.56. The Kier molecular flexibility index (Phi) is 4.53. The van der Waals surface area contributed by atoms with E-state index < -0.39 is 0 Å². The van der Waals surface area contributed by atoms with E-state index in [1.807, 2.05) is 6.07 Å². The Balaban J connectivity index is 1.92. The molecule has 0 aliphatic rings. The predicted molar refractivity (Wildman–Crippen MR) is 69.5 cm³/mol. The van der Waals surface area contributed by atoms with Crippen LogP contribution >= 0.6 is 22.9 Å². The van der Waals surface area contributed by atoms with Crippen LogP contribution in [0.1, 0.15) is 18.4 Å². The molecule has 6 heteroatoms. The van der Waals surface area contributed by atoms with Crippen LogP contribution in [0, 0.1) is 0 Å². The SMILES string of the molecule is CCNCCCc1nnc(-c2ccc(Cl)o2)s1. The van der Waals surface area contributed by atoms with Crippen molar-refractivity contribution < 1.29 is 4.42 Å². The molecule has 0 amide bonds. The van der Waals surface area contributed by atoms with Crippen LogP contribution in [0.15, 0.2) is 16.5 Å².